The molecule has 1 aliphatic rings. The van der Waals surface area contributed by atoms with E-state index >= 15 is 0 Å². The van der Waals surface area contributed by atoms with Gasteiger partial charge in [0.25, 0.3) is 10.2 Å². The van der Waals surface area contributed by atoms with E-state index in [2.05, 4.69) is 25.4 Å². The molecule has 0 bridgehead atoms. The van der Waals surface area contributed by atoms with Crippen molar-refractivity contribution in [3.05, 3.63) is 34.3 Å². The van der Waals surface area contributed by atoms with Gasteiger partial charge in [-0.1, -0.05) is 34.1 Å². The second kappa shape index (κ2) is 4.83. The number of nitrogens with one attached hydrogen (secondary N) is 2. The van der Waals surface area contributed by atoms with Gasteiger partial charge in [-0.2, -0.15) is 17.9 Å². The highest BCUT2D eigenvalue weighted by molar-refractivity contribution is 9.10. The largest absolute Gasteiger partial charge is 0.277 e. The molecule has 0 saturated heterocycles. The van der Waals surface area contributed by atoms with Crippen LogP contribution in [0.15, 0.2) is 28.7 Å². The number of halogens is 1. The summed E-state index contributed by atoms with van der Waals surface area (Å²) >= 11 is 3.37. The minimum absolute atomic E-state index is 0.136. The fraction of sp³-hybridized carbons (Fsp3) is 0.400. The number of benzene rings is 1. The van der Waals surface area contributed by atoms with Crippen molar-refractivity contribution in [1.29, 1.82) is 0 Å². The van der Waals surface area contributed by atoms with Gasteiger partial charge in [0, 0.05) is 17.1 Å². The predicted molar refractivity (Wildman–Crippen MR) is 66.1 cm³/mol. The quantitative estimate of drug-likeness (QED) is 0.867. The molecule has 4 nitrogen and oxygen atoms in total. The van der Waals surface area contributed by atoms with Crippen molar-refractivity contribution in [3.63, 3.8) is 0 Å². The molecule has 88 valence electrons. The van der Waals surface area contributed by atoms with Gasteiger partial charge >= 0.3 is 0 Å². The Morgan fingerprint density at radius 1 is 1.31 bits per heavy atom. The summed E-state index contributed by atoms with van der Waals surface area (Å²) < 4.78 is 29.0. The Morgan fingerprint density at radius 2 is 2.00 bits per heavy atom. The van der Waals surface area contributed by atoms with Gasteiger partial charge in [-0.15, -0.1) is 0 Å². The van der Waals surface area contributed by atoms with E-state index in [1.165, 1.54) is 0 Å². The molecule has 1 aromatic carbocycles. The van der Waals surface area contributed by atoms with E-state index in [1.807, 2.05) is 24.3 Å². The lowest BCUT2D eigenvalue weighted by atomic mass is 10.2. The van der Waals surface area contributed by atoms with Gasteiger partial charge in [0.05, 0.1) is 0 Å². The summed E-state index contributed by atoms with van der Waals surface area (Å²) in [4.78, 5) is 0. The van der Waals surface area contributed by atoms with E-state index in [0.29, 0.717) is 6.54 Å². The van der Waals surface area contributed by atoms with Gasteiger partial charge < -0.3 is 0 Å². The van der Waals surface area contributed by atoms with Crippen LogP contribution in [-0.2, 0) is 16.8 Å². The van der Waals surface area contributed by atoms with Crippen LogP contribution in [-0.4, -0.2) is 14.5 Å². The summed E-state index contributed by atoms with van der Waals surface area (Å²) in [7, 11) is -3.35. The van der Waals surface area contributed by atoms with Crippen LogP contribution in [0.25, 0.3) is 0 Å². The zero-order valence-corrected chi connectivity index (χ0v) is 11.0. The molecule has 2 N–H and O–H groups in total. The highest BCUT2D eigenvalue weighted by Crippen LogP contribution is 2.19. The van der Waals surface area contributed by atoms with E-state index < -0.39 is 10.2 Å². The zero-order valence-electron chi connectivity index (χ0n) is 8.61. The normalized spacial score (nSPS) is 16.3. The monoisotopic (exact) mass is 304 g/mol. The third-order valence-corrected chi connectivity index (χ3v) is 4.25. The molecule has 0 atom stereocenters. The Kier molecular flexibility index (Phi) is 3.63. The van der Waals surface area contributed by atoms with Crippen LogP contribution in [0.5, 0.6) is 0 Å². The molecule has 0 heterocycles. The first-order valence-corrected chi connectivity index (χ1v) is 7.35. The number of rotatable bonds is 5. The fourth-order valence-corrected chi connectivity index (χ4v) is 2.81. The van der Waals surface area contributed by atoms with Crippen LogP contribution < -0.4 is 9.44 Å². The minimum atomic E-state index is -3.35. The highest BCUT2D eigenvalue weighted by atomic mass is 79.9. The molecular formula is C10H13BrN2O2S. The lowest BCUT2D eigenvalue weighted by Crippen LogP contribution is -2.37. The molecule has 1 aliphatic carbocycles. The molecule has 0 aliphatic heterocycles. The molecule has 1 saturated carbocycles. The van der Waals surface area contributed by atoms with Crippen molar-refractivity contribution in [2.24, 2.45) is 0 Å². The molecule has 0 amide bonds. The predicted octanol–water partition coefficient (Wildman–Crippen LogP) is 1.54. The maximum absolute atomic E-state index is 11.5. The summed E-state index contributed by atoms with van der Waals surface area (Å²) in [6.07, 6.45) is 1.88. The molecule has 0 radical (unpaired) electrons. The van der Waals surface area contributed by atoms with E-state index in [0.717, 1.165) is 22.9 Å². The molecule has 1 fully saturated rings. The molecule has 16 heavy (non-hydrogen) atoms. The van der Waals surface area contributed by atoms with Gasteiger partial charge in [-0.3, -0.25) is 0 Å². The van der Waals surface area contributed by atoms with Gasteiger partial charge in [0.15, 0.2) is 0 Å². The maximum Gasteiger partial charge on any atom is 0.277 e. The van der Waals surface area contributed by atoms with Crippen LogP contribution in [0, 0.1) is 0 Å². The second-order valence-electron chi connectivity index (χ2n) is 3.81. The van der Waals surface area contributed by atoms with Gasteiger partial charge in [-0.25, -0.2) is 0 Å². The molecule has 6 heteroatoms. The zero-order chi connectivity index (χ0) is 11.6. The van der Waals surface area contributed by atoms with Gasteiger partial charge in [0.2, 0.25) is 0 Å². The summed E-state index contributed by atoms with van der Waals surface area (Å²) in [5, 5.41) is 0. The first kappa shape index (κ1) is 12.0. The smallest absolute Gasteiger partial charge is 0.199 e. The van der Waals surface area contributed by atoms with E-state index in [9.17, 15) is 8.42 Å². The van der Waals surface area contributed by atoms with Crippen molar-refractivity contribution in [1.82, 2.24) is 9.44 Å². The minimum Gasteiger partial charge on any atom is -0.199 e. The summed E-state index contributed by atoms with van der Waals surface area (Å²) in [6.45, 7) is 0.295. The number of hydrogen-bond donors (Lipinski definition) is 2. The molecule has 0 unspecified atom stereocenters. The Morgan fingerprint density at radius 3 is 2.62 bits per heavy atom. The molecule has 2 rings (SSSR count). The standard InChI is InChI=1S/C10H13BrN2O2S/c11-10-4-2-1-3-8(10)7-12-16(14,15)13-9-5-6-9/h1-4,9,12-13H,5-7H2. The summed E-state index contributed by atoms with van der Waals surface area (Å²) in [5.41, 5.74) is 0.920. The van der Waals surface area contributed by atoms with Crippen molar-refractivity contribution in [2.45, 2.75) is 25.4 Å². The van der Waals surface area contributed by atoms with Crippen LogP contribution in [0.1, 0.15) is 18.4 Å². The van der Waals surface area contributed by atoms with E-state index in [-0.39, 0.29) is 6.04 Å². The maximum atomic E-state index is 11.5. The average molecular weight is 305 g/mol. The van der Waals surface area contributed by atoms with Crippen molar-refractivity contribution >= 4 is 26.1 Å². The van der Waals surface area contributed by atoms with Crippen molar-refractivity contribution in [2.75, 3.05) is 0 Å². The first-order valence-electron chi connectivity index (χ1n) is 5.07. The molecule has 1 aromatic rings. The van der Waals surface area contributed by atoms with Crippen LogP contribution in [0.2, 0.25) is 0 Å². The Bertz CT molecular complexity index is 471. The summed E-state index contributed by atoms with van der Waals surface area (Å²) in [5.74, 6) is 0. The summed E-state index contributed by atoms with van der Waals surface area (Å²) in [6, 6.07) is 7.67. The molecule has 0 aromatic heterocycles. The van der Waals surface area contributed by atoms with Gasteiger partial charge in [-0.05, 0) is 24.5 Å². The van der Waals surface area contributed by atoms with Crippen LogP contribution >= 0.6 is 15.9 Å². The van der Waals surface area contributed by atoms with E-state index in [4.69, 9.17) is 0 Å². The SMILES string of the molecule is O=S(=O)(NCc1ccccc1Br)NC1CC1. The number of hydrogen-bond acceptors (Lipinski definition) is 2. The Hall–Kier alpha value is -0.430. The van der Waals surface area contributed by atoms with E-state index in [1.54, 1.807) is 0 Å². The Balaban J connectivity index is 1.93. The molecule has 0 spiro atoms. The van der Waals surface area contributed by atoms with Crippen LogP contribution in [0.4, 0.5) is 0 Å². The third-order valence-electron chi connectivity index (χ3n) is 2.31. The van der Waals surface area contributed by atoms with Gasteiger partial charge in [0.1, 0.15) is 0 Å². The topological polar surface area (TPSA) is 58.2 Å². The lowest BCUT2D eigenvalue weighted by molar-refractivity contribution is 0.565. The fourth-order valence-electron chi connectivity index (χ4n) is 1.28. The van der Waals surface area contributed by atoms with Crippen LogP contribution in [0.3, 0.4) is 0 Å². The first-order chi connectivity index (χ1) is 7.57. The average Bonchev–Trinajstić information content (AvgIpc) is 3.00. The molecular weight excluding hydrogens is 292 g/mol. The Labute approximate surface area is 104 Å². The second-order valence-corrected chi connectivity index (χ2v) is 6.19. The third kappa shape index (κ3) is 3.55. The van der Waals surface area contributed by atoms with Crippen molar-refractivity contribution in [3.8, 4) is 0 Å². The van der Waals surface area contributed by atoms with Crippen molar-refractivity contribution < 1.29 is 8.42 Å². The lowest BCUT2D eigenvalue weighted by Gasteiger charge is -2.08. The highest BCUT2D eigenvalue weighted by Gasteiger charge is 2.26.